The molecule has 3 N–H and O–H groups in total. The minimum absolute atomic E-state index is 0.340. The molecular formula is C27H35BrN6O3S. The van der Waals surface area contributed by atoms with Crippen molar-refractivity contribution in [2.24, 2.45) is 5.92 Å². The van der Waals surface area contributed by atoms with Crippen molar-refractivity contribution in [1.82, 2.24) is 19.6 Å². The molecule has 204 valence electrons. The molecule has 0 radical (unpaired) electrons. The number of aromatic nitrogens is 2. The monoisotopic (exact) mass is 602 g/mol. The van der Waals surface area contributed by atoms with Crippen molar-refractivity contribution in [2.75, 3.05) is 50.6 Å². The third-order valence-electron chi connectivity index (χ3n) is 6.00. The van der Waals surface area contributed by atoms with Crippen LogP contribution < -0.4 is 15.4 Å². The summed E-state index contributed by atoms with van der Waals surface area (Å²) in [5.74, 6) is 5.93. The van der Waals surface area contributed by atoms with Gasteiger partial charge in [-0.2, -0.15) is 4.98 Å². The average Bonchev–Trinajstić information content (AvgIpc) is 3.12. The highest BCUT2D eigenvalue weighted by atomic mass is 79.9. The lowest BCUT2D eigenvalue weighted by Gasteiger charge is -2.29. The van der Waals surface area contributed by atoms with Gasteiger partial charge in [0.15, 0.2) is 0 Å². The van der Waals surface area contributed by atoms with Crippen molar-refractivity contribution in [3.8, 4) is 0 Å². The van der Waals surface area contributed by atoms with Gasteiger partial charge in [-0.25, -0.2) is 13.9 Å². The molecule has 0 spiro atoms. The summed E-state index contributed by atoms with van der Waals surface area (Å²) in [5, 5.41) is 6.61. The van der Waals surface area contributed by atoms with Gasteiger partial charge in [-0.1, -0.05) is 38.1 Å². The maximum atomic E-state index is 13.4. The van der Waals surface area contributed by atoms with E-state index in [-0.39, 0.29) is 0 Å². The zero-order chi connectivity index (χ0) is 27.1. The van der Waals surface area contributed by atoms with E-state index in [9.17, 15) is 4.21 Å². The first kappa shape index (κ1) is 28.2. The first-order chi connectivity index (χ1) is 18.3. The molecule has 11 heteroatoms. The Morgan fingerprint density at radius 3 is 2.71 bits per heavy atom. The molecule has 0 bridgehead atoms. The van der Waals surface area contributed by atoms with Crippen molar-refractivity contribution in [3.63, 3.8) is 0 Å². The lowest BCUT2D eigenvalue weighted by Crippen LogP contribution is -2.35. The Morgan fingerprint density at radius 2 is 1.97 bits per heavy atom. The van der Waals surface area contributed by atoms with Gasteiger partial charge in [0.2, 0.25) is 5.95 Å². The summed E-state index contributed by atoms with van der Waals surface area (Å²) in [4.78, 5) is 12.0. The van der Waals surface area contributed by atoms with Gasteiger partial charge in [0.25, 0.3) is 0 Å². The minimum atomic E-state index is -2.72. The van der Waals surface area contributed by atoms with Crippen LogP contribution >= 0.6 is 15.9 Å². The summed E-state index contributed by atoms with van der Waals surface area (Å²) in [6.07, 6.45) is 8.66. The fraction of sp³-hybridized carbons (Fsp3) is 0.370. The van der Waals surface area contributed by atoms with E-state index >= 15 is 0 Å². The van der Waals surface area contributed by atoms with Gasteiger partial charge in [0.05, 0.1) is 50.8 Å². The van der Waals surface area contributed by atoms with Crippen molar-refractivity contribution in [2.45, 2.75) is 25.2 Å². The third kappa shape index (κ3) is 7.16. The van der Waals surface area contributed by atoms with Crippen LogP contribution in [0.3, 0.4) is 0 Å². The maximum absolute atomic E-state index is 13.4. The van der Waals surface area contributed by atoms with Crippen molar-refractivity contribution >= 4 is 49.0 Å². The van der Waals surface area contributed by atoms with Crippen molar-refractivity contribution < 1.29 is 13.7 Å². The molecule has 1 aromatic carbocycles. The standard InChI is InChI=1S/C27H35BrN6O3S/c1-19(2)17-30-38(4,35)25-11-6-5-9-23(25)31-26-21(28)18-29-27(33-26)32-22-10-7-8-20(16-24(22)36-3)34-12-14-37-15-13-34/h5-6,8-11,16,18-19H,4,7,12-15,17H2,1-3H3,(H,30,35)(H2,29,31,32,33). The minimum Gasteiger partial charge on any atom is -0.495 e. The van der Waals surface area contributed by atoms with Gasteiger partial charge < -0.3 is 25.0 Å². The molecule has 0 saturated carbocycles. The van der Waals surface area contributed by atoms with Crippen LogP contribution in [0.5, 0.6) is 0 Å². The Bertz CT molecular complexity index is 1330. The van der Waals surface area contributed by atoms with Crippen LogP contribution in [-0.4, -0.2) is 64.9 Å². The number of anilines is 3. The predicted octanol–water partition coefficient (Wildman–Crippen LogP) is 4.66. The highest BCUT2D eigenvalue weighted by Gasteiger charge is 2.19. The maximum Gasteiger partial charge on any atom is 0.229 e. The summed E-state index contributed by atoms with van der Waals surface area (Å²) >= 11 is 3.54. The number of benzene rings is 1. The normalized spacial score (nSPS) is 17.6. The Hall–Kier alpha value is -2.86. The lowest BCUT2D eigenvalue weighted by atomic mass is 10.2. The van der Waals surface area contributed by atoms with Crippen LogP contribution in [0.25, 0.3) is 0 Å². The number of hydrogen-bond donors (Lipinski definition) is 3. The van der Waals surface area contributed by atoms with E-state index in [0.717, 1.165) is 30.9 Å². The van der Waals surface area contributed by atoms with E-state index in [1.54, 1.807) is 13.3 Å². The van der Waals surface area contributed by atoms with Gasteiger partial charge >= 0.3 is 0 Å². The second-order valence-electron chi connectivity index (χ2n) is 9.35. The number of nitrogens with one attached hydrogen (secondary N) is 3. The van der Waals surface area contributed by atoms with Crippen LogP contribution in [0.4, 0.5) is 17.5 Å². The van der Waals surface area contributed by atoms with Gasteiger partial charge in [-0.15, -0.1) is 0 Å². The molecule has 38 heavy (non-hydrogen) atoms. The largest absolute Gasteiger partial charge is 0.495 e. The molecule has 1 aromatic heterocycles. The molecule has 1 saturated heterocycles. The molecule has 1 fully saturated rings. The van der Waals surface area contributed by atoms with E-state index in [2.05, 4.69) is 78.0 Å². The summed E-state index contributed by atoms with van der Waals surface area (Å²) in [7, 11) is -1.07. The van der Waals surface area contributed by atoms with Crippen LogP contribution in [0.15, 0.2) is 75.2 Å². The van der Waals surface area contributed by atoms with Crippen molar-refractivity contribution in [1.29, 1.82) is 0 Å². The quantitative estimate of drug-likeness (QED) is 0.337. The van der Waals surface area contributed by atoms with Crippen molar-refractivity contribution in [3.05, 3.63) is 70.3 Å². The number of rotatable bonds is 10. The molecule has 2 aromatic rings. The number of hydrogen-bond acceptors (Lipinski definition) is 8. The number of halogens is 1. The highest BCUT2D eigenvalue weighted by molar-refractivity contribution is 9.10. The predicted molar refractivity (Wildman–Crippen MR) is 158 cm³/mol. The summed E-state index contributed by atoms with van der Waals surface area (Å²) in [6.45, 7) is 7.85. The molecule has 1 aliphatic heterocycles. The number of allylic oxidation sites excluding steroid dienone is 3. The Kier molecular flexibility index (Phi) is 9.48. The SMILES string of the molecule is C=S(=O)(NCC(C)C)c1ccccc1Nc1nc(NC2=CCC=C(N3CCOCC3)C=C2OC)ncc1Br. The van der Waals surface area contributed by atoms with E-state index in [1.807, 2.05) is 30.3 Å². The van der Waals surface area contributed by atoms with Gasteiger partial charge in [0.1, 0.15) is 11.6 Å². The Morgan fingerprint density at radius 1 is 1.21 bits per heavy atom. The summed E-state index contributed by atoms with van der Waals surface area (Å²) in [5.41, 5.74) is 2.54. The van der Waals surface area contributed by atoms with Crippen LogP contribution in [-0.2, 0) is 19.2 Å². The Labute approximate surface area is 233 Å². The first-order valence-corrected chi connectivity index (χ1v) is 15.1. The van der Waals surface area contributed by atoms with E-state index in [0.29, 0.717) is 58.3 Å². The molecule has 2 aliphatic rings. The van der Waals surface area contributed by atoms with Gasteiger partial charge in [-0.3, -0.25) is 0 Å². The molecule has 1 aliphatic carbocycles. The van der Waals surface area contributed by atoms with E-state index in [1.165, 1.54) is 0 Å². The molecule has 0 amide bonds. The molecule has 1 unspecified atom stereocenters. The highest BCUT2D eigenvalue weighted by Crippen LogP contribution is 2.29. The fourth-order valence-electron chi connectivity index (χ4n) is 3.99. The summed E-state index contributed by atoms with van der Waals surface area (Å²) in [6, 6.07) is 7.39. The van der Waals surface area contributed by atoms with Gasteiger partial charge in [-0.05, 0) is 46.3 Å². The average molecular weight is 604 g/mol. The molecular weight excluding hydrogens is 568 g/mol. The number of morpholine rings is 1. The topological polar surface area (TPSA) is 101 Å². The first-order valence-electron chi connectivity index (χ1n) is 12.5. The Balaban J connectivity index is 1.55. The van der Waals surface area contributed by atoms with E-state index in [4.69, 9.17) is 9.47 Å². The summed E-state index contributed by atoms with van der Waals surface area (Å²) < 4.78 is 28.4. The number of para-hydroxylation sites is 1. The van der Waals surface area contributed by atoms with Crippen LogP contribution in [0.2, 0.25) is 0 Å². The third-order valence-corrected chi connectivity index (χ3v) is 8.28. The number of methoxy groups -OCH3 is 1. The second-order valence-corrected chi connectivity index (χ2v) is 12.3. The van der Waals surface area contributed by atoms with E-state index < -0.39 is 9.71 Å². The lowest BCUT2D eigenvalue weighted by molar-refractivity contribution is 0.0551. The van der Waals surface area contributed by atoms with Gasteiger partial charge in [0, 0.05) is 37.6 Å². The smallest absolute Gasteiger partial charge is 0.229 e. The number of nitrogens with zero attached hydrogens (tertiary/aromatic N) is 3. The molecule has 9 nitrogen and oxygen atoms in total. The fourth-order valence-corrected chi connectivity index (χ4v) is 5.81. The molecule has 4 rings (SSSR count). The van der Waals surface area contributed by atoms with Crippen LogP contribution in [0, 0.1) is 5.92 Å². The van der Waals surface area contributed by atoms with Crippen LogP contribution in [0.1, 0.15) is 20.3 Å². The zero-order valence-electron chi connectivity index (χ0n) is 22.0. The zero-order valence-corrected chi connectivity index (χ0v) is 24.4. The number of ether oxygens (including phenoxy) is 2. The molecule has 2 heterocycles. The second kappa shape index (κ2) is 12.8. The molecule has 1 atom stereocenters.